The number of carbonyl (C=O) groups excluding carboxylic acids is 1. The van der Waals surface area contributed by atoms with Gasteiger partial charge in [0, 0.05) is 19.4 Å². The number of hydrogen-bond donors (Lipinski definition) is 0. The summed E-state index contributed by atoms with van der Waals surface area (Å²) in [5, 5.41) is 0. The molecule has 0 bridgehead atoms. The molecule has 1 aliphatic heterocycles. The highest BCUT2D eigenvalue weighted by Gasteiger charge is 2.32. The molecule has 1 unspecified atom stereocenters. The summed E-state index contributed by atoms with van der Waals surface area (Å²) >= 11 is 0. The lowest BCUT2D eigenvalue weighted by Crippen LogP contribution is -2.41. The van der Waals surface area contributed by atoms with Crippen LogP contribution in [0.25, 0.3) is 0 Å². The van der Waals surface area contributed by atoms with E-state index < -0.39 is 0 Å². The van der Waals surface area contributed by atoms with Gasteiger partial charge in [-0.15, -0.1) is 0 Å². The Morgan fingerprint density at radius 1 is 1.33 bits per heavy atom. The molecular weight excluding hydrogens is 150 g/mol. The van der Waals surface area contributed by atoms with E-state index in [1.807, 2.05) is 0 Å². The van der Waals surface area contributed by atoms with Crippen LogP contribution in [0.1, 0.15) is 25.7 Å². The Morgan fingerprint density at radius 2 is 2.17 bits per heavy atom. The SMILES string of the molecule is CN1CCC2CC(=O)CC[C@H]2C1. The first-order valence-electron chi connectivity index (χ1n) is 4.96. The fourth-order valence-corrected chi connectivity index (χ4v) is 2.60. The van der Waals surface area contributed by atoms with Gasteiger partial charge >= 0.3 is 0 Å². The van der Waals surface area contributed by atoms with Crippen LogP contribution in [0.5, 0.6) is 0 Å². The van der Waals surface area contributed by atoms with E-state index in [4.69, 9.17) is 0 Å². The first-order valence-corrected chi connectivity index (χ1v) is 4.96. The molecule has 0 aromatic heterocycles. The molecule has 1 aliphatic carbocycles. The standard InChI is InChI=1S/C10H17NO/c1-11-5-4-8-6-10(12)3-2-9(8)7-11/h8-9H,2-7H2,1H3/t8?,9-/m0/s1. The monoisotopic (exact) mass is 167 g/mol. The van der Waals surface area contributed by atoms with Gasteiger partial charge in [-0.05, 0) is 38.3 Å². The zero-order chi connectivity index (χ0) is 8.55. The quantitative estimate of drug-likeness (QED) is 0.542. The van der Waals surface area contributed by atoms with Crippen LogP contribution in [0.2, 0.25) is 0 Å². The second-order valence-corrected chi connectivity index (χ2v) is 4.35. The van der Waals surface area contributed by atoms with E-state index in [0.717, 1.165) is 31.1 Å². The highest BCUT2D eigenvalue weighted by Crippen LogP contribution is 2.33. The number of nitrogens with zero attached hydrogens (tertiary/aromatic N) is 1. The molecule has 0 amide bonds. The van der Waals surface area contributed by atoms with Crippen molar-refractivity contribution >= 4 is 5.78 Å². The minimum absolute atomic E-state index is 0.501. The number of carbonyl (C=O) groups is 1. The Hall–Kier alpha value is -0.370. The number of likely N-dealkylation sites (tertiary alicyclic amines) is 1. The van der Waals surface area contributed by atoms with Gasteiger partial charge in [-0.3, -0.25) is 4.79 Å². The van der Waals surface area contributed by atoms with Crippen molar-refractivity contribution in [1.29, 1.82) is 0 Å². The molecule has 2 aliphatic rings. The third-order valence-electron chi connectivity index (χ3n) is 3.38. The highest BCUT2D eigenvalue weighted by molar-refractivity contribution is 5.79. The Labute approximate surface area is 73.9 Å². The molecule has 0 spiro atoms. The average molecular weight is 167 g/mol. The summed E-state index contributed by atoms with van der Waals surface area (Å²) in [5.41, 5.74) is 0. The van der Waals surface area contributed by atoms with Crippen LogP contribution in [0.4, 0.5) is 0 Å². The second-order valence-electron chi connectivity index (χ2n) is 4.35. The fourth-order valence-electron chi connectivity index (χ4n) is 2.60. The maximum atomic E-state index is 11.2. The van der Waals surface area contributed by atoms with Gasteiger partial charge in [-0.2, -0.15) is 0 Å². The summed E-state index contributed by atoms with van der Waals surface area (Å²) in [4.78, 5) is 13.6. The van der Waals surface area contributed by atoms with Crippen LogP contribution < -0.4 is 0 Å². The molecule has 2 nitrogen and oxygen atoms in total. The topological polar surface area (TPSA) is 20.3 Å². The summed E-state index contributed by atoms with van der Waals surface area (Å²) in [6.45, 7) is 2.41. The van der Waals surface area contributed by atoms with Crippen molar-refractivity contribution in [1.82, 2.24) is 4.90 Å². The van der Waals surface area contributed by atoms with Crippen molar-refractivity contribution in [3.05, 3.63) is 0 Å². The van der Waals surface area contributed by atoms with Crippen molar-refractivity contribution in [2.75, 3.05) is 20.1 Å². The molecule has 1 heterocycles. The molecular formula is C10H17NO. The molecule has 1 saturated carbocycles. The van der Waals surface area contributed by atoms with Crippen molar-refractivity contribution in [2.45, 2.75) is 25.7 Å². The Bertz CT molecular complexity index is 190. The number of hydrogen-bond acceptors (Lipinski definition) is 2. The Balaban J connectivity index is 1.98. The lowest BCUT2D eigenvalue weighted by molar-refractivity contribution is -0.123. The van der Waals surface area contributed by atoms with Crippen molar-refractivity contribution in [3.63, 3.8) is 0 Å². The van der Waals surface area contributed by atoms with E-state index in [2.05, 4.69) is 11.9 Å². The summed E-state index contributed by atoms with van der Waals surface area (Å²) < 4.78 is 0. The minimum Gasteiger partial charge on any atom is -0.306 e. The smallest absolute Gasteiger partial charge is 0.133 e. The highest BCUT2D eigenvalue weighted by atomic mass is 16.1. The van der Waals surface area contributed by atoms with E-state index in [0.29, 0.717) is 5.78 Å². The number of rotatable bonds is 0. The van der Waals surface area contributed by atoms with E-state index in [1.54, 1.807) is 0 Å². The van der Waals surface area contributed by atoms with Crippen LogP contribution in [0, 0.1) is 11.8 Å². The molecule has 2 atom stereocenters. The molecule has 0 aromatic carbocycles. The molecule has 0 N–H and O–H groups in total. The molecule has 1 saturated heterocycles. The van der Waals surface area contributed by atoms with Crippen molar-refractivity contribution in [2.24, 2.45) is 11.8 Å². The lowest BCUT2D eigenvalue weighted by atomic mass is 9.75. The van der Waals surface area contributed by atoms with E-state index in [9.17, 15) is 4.79 Å². The molecule has 2 rings (SSSR count). The van der Waals surface area contributed by atoms with E-state index >= 15 is 0 Å². The van der Waals surface area contributed by atoms with Crippen LogP contribution in [0.3, 0.4) is 0 Å². The number of fused-ring (bicyclic) bond motifs is 1. The molecule has 0 radical (unpaired) electrons. The first kappa shape index (κ1) is 8.24. The van der Waals surface area contributed by atoms with Crippen molar-refractivity contribution < 1.29 is 4.79 Å². The summed E-state index contributed by atoms with van der Waals surface area (Å²) in [6, 6.07) is 0. The van der Waals surface area contributed by atoms with E-state index in [1.165, 1.54) is 19.5 Å². The Kier molecular flexibility index (Phi) is 2.18. The van der Waals surface area contributed by atoms with Crippen LogP contribution >= 0.6 is 0 Å². The predicted molar refractivity (Wildman–Crippen MR) is 48.0 cm³/mol. The summed E-state index contributed by atoms with van der Waals surface area (Å²) in [7, 11) is 2.19. The summed E-state index contributed by atoms with van der Waals surface area (Å²) in [5.74, 6) is 2.05. The third-order valence-corrected chi connectivity index (χ3v) is 3.38. The normalized spacial score (nSPS) is 37.9. The molecule has 2 fully saturated rings. The van der Waals surface area contributed by atoms with Gasteiger partial charge in [0.2, 0.25) is 0 Å². The van der Waals surface area contributed by atoms with Gasteiger partial charge in [-0.1, -0.05) is 0 Å². The maximum absolute atomic E-state index is 11.2. The number of piperidine rings is 1. The van der Waals surface area contributed by atoms with Crippen LogP contribution in [-0.2, 0) is 4.79 Å². The minimum atomic E-state index is 0.501. The number of Topliss-reactive ketones (excluding diaryl/α,β-unsaturated/α-hetero) is 1. The van der Waals surface area contributed by atoms with Gasteiger partial charge in [-0.25, -0.2) is 0 Å². The van der Waals surface area contributed by atoms with Gasteiger partial charge < -0.3 is 4.90 Å². The van der Waals surface area contributed by atoms with Gasteiger partial charge in [0.05, 0.1) is 0 Å². The molecule has 0 aromatic rings. The van der Waals surface area contributed by atoms with Crippen molar-refractivity contribution in [3.8, 4) is 0 Å². The third kappa shape index (κ3) is 1.53. The van der Waals surface area contributed by atoms with Crippen LogP contribution in [0.15, 0.2) is 0 Å². The number of ketones is 1. The van der Waals surface area contributed by atoms with Gasteiger partial charge in [0.25, 0.3) is 0 Å². The molecule has 12 heavy (non-hydrogen) atoms. The molecule has 68 valence electrons. The zero-order valence-electron chi connectivity index (χ0n) is 7.75. The van der Waals surface area contributed by atoms with Crippen LogP contribution in [-0.4, -0.2) is 30.8 Å². The van der Waals surface area contributed by atoms with Gasteiger partial charge in [0.1, 0.15) is 5.78 Å². The zero-order valence-corrected chi connectivity index (χ0v) is 7.75. The average Bonchev–Trinajstić information content (AvgIpc) is 2.05. The predicted octanol–water partition coefficient (Wildman–Crippen LogP) is 1.31. The second kappa shape index (κ2) is 3.17. The van der Waals surface area contributed by atoms with Gasteiger partial charge in [0.15, 0.2) is 0 Å². The lowest BCUT2D eigenvalue weighted by Gasteiger charge is -2.39. The molecule has 2 heteroatoms. The summed E-state index contributed by atoms with van der Waals surface area (Å²) in [6.07, 6.45) is 4.11. The fraction of sp³-hybridized carbons (Fsp3) is 0.900. The van der Waals surface area contributed by atoms with E-state index in [-0.39, 0.29) is 0 Å². The largest absolute Gasteiger partial charge is 0.306 e. The Morgan fingerprint density at radius 3 is 3.00 bits per heavy atom. The first-order chi connectivity index (χ1) is 5.75. The maximum Gasteiger partial charge on any atom is 0.133 e.